The normalized spacial score (nSPS) is 44.7. The number of methoxy groups -OCH3 is 1. The summed E-state index contributed by atoms with van der Waals surface area (Å²) in [5.41, 5.74) is 0.512. The number of hydrogen-bond donors (Lipinski definition) is 2. The molecule has 0 spiro atoms. The van der Waals surface area contributed by atoms with E-state index in [0.717, 1.165) is 37.7 Å². The first kappa shape index (κ1) is 23.5. The highest BCUT2D eigenvalue weighted by Gasteiger charge is 2.62. The van der Waals surface area contributed by atoms with Gasteiger partial charge < -0.3 is 14.9 Å². The number of ketones is 1. The number of ether oxygens (including phenoxy) is 1. The highest BCUT2D eigenvalue weighted by atomic mass is 16.5. The van der Waals surface area contributed by atoms with E-state index in [4.69, 9.17) is 4.74 Å². The summed E-state index contributed by atoms with van der Waals surface area (Å²) in [5, 5.41) is 24.6. The molecule has 6 nitrogen and oxygen atoms in total. The van der Waals surface area contributed by atoms with E-state index in [1.165, 1.54) is 25.7 Å². The van der Waals surface area contributed by atoms with Crippen LogP contribution in [0.3, 0.4) is 0 Å². The maximum Gasteiger partial charge on any atom is 0.157 e. The first-order valence-electron chi connectivity index (χ1n) is 13.1. The van der Waals surface area contributed by atoms with Crippen LogP contribution in [-0.4, -0.2) is 45.1 Å². The van der Waals surface area contributed by atoms with Gasteiger partial charge in [-0.2, -0.15) is 5.10 Å². The van der Waals surface area contributed by atoms with Crippen molar-refractivity contribution in [3.8, 4) is 0 Å². The van der Waals surface area contributed by atoms with Gasteiger partial charge in [-0.25, -0.2) is 0 Å². The molecule has 0 radical (unpaired) electrons. The van der Waals surface area contributed by atoms with Gasteiger partial charge in [0.15, 0.2) is 5.78 Å². The predicted octanol–water partition coefficient (Wildman–Crippen LogP) is 3.98. The van der Waals surface area contributed by atoms with E-state index in [1.54, 1.807) is 24.2 Å². The van der Waals surface area contributed by atoms with E-state index < -0.39 is 5.60 Å². The molecule has 4 aliphatic carbocycles. The van der Waals surface area contributed by atoms with Gasteiger partial charge in [0.05, 0.1) is 31.6 Å². The second-order valence-corrected chi connectivity index (χ2v) is 12.4. The average molecular weight is 459 g/mol. The SMILES string of the molecule is COC[C@@]1(O)CC[C@@]2(C)[C@@H](CC[C@@H]3[C@@H]2CC[C@]2(C)[C@@H](C(=O)Cn4cc(CO)cn4)CC[C@@H]32)C1. The van der Waals surface area contributed by atoms with E-state index in [2.05, 4.69) is 18.9 Å². The highest BCUT2D eigenvalue weighted by molar-refractivity contribution is 5.82. The number of aliphatic hydroxyl groups is 2. The van der Waals surface area contributed by atoms with Crippen LogP contribution in [0.2, 0.25) is 0 Å². The summed E-state index contributed by atoms with van der Waals surface area (Å²) < 4.78 is 7.06. The van der Waals surface area contributed by atoms with Crippen LogP contribution < -0.4 is 0 Å². The van der Waals surface area contributed by atoms with Crippen LogP contribution in [0.25, 0.3) is 0 Å². The molecule has 0 unspecified atom stereocenters. The minimum absolute atomic E-state index is 0.0386. The smallest absolute Gasteiger partial charge is 0.157 e. The van der Waals surface area contributed by atoms with Crippen molar-refractivity contribution in [3.05, 3.63) is 18.0 Å². The summed E-state index contributed by atoms with van der Waals surface area (Å²) in [6.45, 7) is 5.65. The van der Waals surface area contributed by atoms with Crippen molar-refractivity contribution in [2.45, 2.75) is 90.4 Å². The number of hydrogen-bond acceptors (Lipinski definition) is 5. The molecule has 1 heterocycles. The van der Waals surface area contributed by atoms with Crippen LogP contribution in [0.5, 0.6) is 0 Å². The van der Waals surface area contributed by atoms with Gasteiger partial charge in [-0.05, 0) is 92.3 Å². The third kappa shape index (κ3) is 3.81. The van der Waals surface area contributed by atoms with Crippen LogP contribution in [-0.2, 0) is 22.7 Å². The second kappa shape index (κ2) is 8.46. The van der Waals surface area contributed by atoms with Gasteiger partial charge >= 0.3 is 0 Å². The van der Waals surface area contributed by atoms with Crippen molar-refractivity contribution in [1.29, 1.82) is 0 Å². The summed E-state index contributed by atoms with van der Waals surface area (Å²) in [6.07, 6.45) is 13.2. The molecule has 184 valence electrons. The number of fused-ring (bicyclic) bond motifs is 5. The van der Waals surface area contributed by atoms with Crippen molar-refractivity contribution in [3.63, 3.8) is 0 Å². The quantitative estimate of drug-likeness (QED) is 0.674. The van der Waals surface area contributed by atoms with Gasteiger partial charge in [0, 0.05) is 24.8 Å². The molecule has 1 aromatic heterocycles. The lowest BCUT2D eigenvalue weighted by Gasteiger charge is -2.62. The van der Waals surface area contributed by atoms with E-state index in [9.17, 15) is 15.0 Å². The summed E-state index contributed by atoms with van der Waals surface area (Å²) >= 11 is 0. The number of aliphatic hydroxyl groups excluding tert-OH is 1. The van der Waals surface area contributed by atoms with Gasteiger partial charge in [0.25, 0.3) is 0 Å². The van der Waals surface area contributed by atoms with Crippen LogP contribution in [0.15, 0.2) is 12.4 Å². The fourth-order valence-corrected chi connectivity index (χ4v) is 9.10. The fourth-order valence-electron chi connectivity index (χ4n) is 9.10. The van der Waals surface area contributed by atoms with E-state index in [1.807, 2.05) is 0 Å². The van der Waals surface area contributed by atoms with E-state index in [0.29, 0.717) is 48.0 Å². The molecule has 5 rings (SSSR count). The molecule has 33 heavy (non-hydrogen) atoms. The molecule has 4 aliphatic rings. The molecule has 2 N–H and O–H groups in total. The monoisotopic (exact) mass is 458 g/mol. The molecule has 0 aliphatic heterocycles. The molecule has 4 saturated carbocycles. The summed E-state index contributed by atoms with van der Waals surface area (Å²) in [5.74, 6) is 3.07. The number of rotatable bonds is 6. The molecule has 8 atom stereocenters. The highest BCUT2D eigenvalue weighted by Crippen LogP contribution is 2.68. The maximum atomic E-state index is 13.4. The molecule has 0 aromatic carbocycles. The molecule has 0 saturated heterocycles. The summed E-state index contributed by atoms with van der Waals surface area (Å²) in [7, 11) is 1.69. The number of nitrogens with zero attached hydrogens (tertiary/aromatic N) is 2. The molecular weight excluding hydrogens is 416 g/mol. The largest absolute Gasteiger partial charge is 0.392 e. The Hall–Kier alpha value is -1.24. The van der Waals surface area contributed by atoms with Crippen molar-refractivity contribution >= 4 is 5.78 Å². The lowest BCUT2D eigenvalue weighted by Crippen LogP contribution is -2.56. The minimum Gasteiger partial charge on any atom is -0.392 e. The predicted molar refractivity (Wildman–Crippen MR) is 125 cm³/mol. The third-order valence-corrected chi connectivity index (χ3v) is 10.8. The van der Waals surface area contributed by atoms with E-state index in [-0.39, 0.29) is 17.9 Å². The molecule has 6 heteroatoms. The molecule has 4 fully saturated rings. The number of carbonyl (C=O) groups excluding carboxylic acids is 1. The topological polar surface area (TPSA) is 84.6 Å². The van der Waals surface area contributed by atoms with Crippen LogP contribution in [0, 0.1) is 40.4 Å². The zero-order valence-corrected chi connectivity index (χ0v) is 20.6. The lowest BCUT2D eigenvalue weighted by molar-refractivity contribution is -0.164. The second-order valence-electron chi connectivity index (χ2n) is 12.4. The zero-order chi connectivity index (χ0) is 23.4. The fraction of sp³-hybridized carbons (Fsp3) is 0.852. The van der Waals surface area contributed by atoms with Gasteiger partial charge in [-0.3, -0.25) is 9.48 Å². The van der Waals surface area contributed by atoms with Gasteiger partial charge in [-0.15, -0.1) is 0 Å². The van der Waals surface area contributed by atoms with Crippen LogP contribution >= 0.6 is 0 Å². The Morgan fingerprint density at radius 2 is 1.91 bits per heavy atom. The average Bonchev–Trinajstić information content (AvgIpc) is 3.38. The number of carbonyl (C=O) groups is 1. The van der Waals surface area contributed by atoms with E-state index >= 15 is 0 Å². The summed E-state index contributed by atoms with van der Waals surface area (Å²) in [4.78, 5) is 13.4. The number of Topliss-reactive ketones (excluding diaryl/α,β-unsaturated/α-hetero) is 1. The summed E-state index contributed by atoms with van der Waals surface area (Å²) in [6, 6.07) is 0. The third-order valence-electron chi connectivity index (χ3n) is 10.8. The Bertz CT molecular complexity index is 885. The molecular formula is C27H42N2O4. The zero-order valence-electron chi connectivity index (χ0n) is 20.6. The Labute approximate surface area is 198 Å². The van der Waals surface area contributed by atoms with Gasteiger partial charge in [-0.1, -0.05) is 13.8 Å². The molecule has 0 bridgehead atoms. The van der Waals surface area contributed by atoms with Crippen molar-refractivity contribution in [2.24, 2.45) is 40.4 Å². The lowest BCUT2D eigenvalue weighted by atomic mass is 9.44. The molecule has 0 amide bonds. The first-order valence-corrected chi connectivity index (χ1v) is 13.1. The Morgan fingerprint density at radius 1 is 1.12 bits per heavy atom. The van der Waals surface area contributed by atoms with Crippen LogP contribution in [0.1, 0.15) is 77.2 Å². The minimum atomic E-state index is -0.651. The molecule has 1 aromatic rings. The van der Waals surface area contributed by atoms with Gasteiger partial charge in [0.1, 0.15) is 0 Å². The van der Waals surface area contributed by atoms with Gasteiger partial charge in [0.2, 0.25) is 0 Å². The van der Waals surface area contributed by atoms with Crippen molar-refractivity contribution < 1.29 is 19.7 Å². The van der Waals surface area contributed by atoms with Crippen LogP contribution in [0.4, 0.5) is 0 Å². The first-order chi connectivity index (χ1) is 15.7. The Kier molecular flexibility index (Phi) is 6.02. The number of aromatic nitrogens is 2. The van der Waals surface area contributed by atoms with Crippen molar-refractivity contribution in [1.82, 2.24) is 9.78 Å². The maximum absolute atomic E-state index is 13.4. The van der Waals surface area contributed by atoms with Crippen molar-refractivity contribution in [2.75, 3.05) is 13.7 Å². The standard InChI is InChI=1S/C27H42N2O4/c1-25-10-11-27(32,17-33-3)12-19(25)4-5-20-21-6-7-23(26(21,2)9-8-22(20)25)24(31)15-29-14-18(16-30)13-28-29/h13-14,19-23,30,32H,4-12,15-17H2,1-3H3/t19-,20-,21-,22-,23+,25-,26-,27+/m0/s1. The Balaban J connectivity index is 1.31. The Morgan fingerprint density at radius 3 is 2.64 bits per heavy atom.